The van der Waals surface area contributed by atoms with E-state index >= 15 is 0 Å². The van der Waals surface area contributed by atoms with Crippen molar-refractivity contribution >= 4 is 28.5 Å². The topological polar surface area (TPSA) is 61.6 Å². The summed E-state index contributed by atoms with van der Waals surface area (Å²) in [5.41, 5.74) is 1.72. The number of nitrogens with one attached hydrogen (secondary N) is 1. The van der Waals surface area contributed by atoms with Gasteiger partial charge in [0, 0.05) is 31.1 Å². The molecule has 0 radical (unpaired) electrons. The maximum Gasteiger partial charge on any atom is 0.317 e. The Morgan fingerprint density at radius 1 is 1.13 bits per heavy atom. The number of urea groups is 1. The number of rotatable bonds is 5. The molecular weight excluding hydrogens is 408 g/mol. The lowest BCUT2D eigenvalue weighted by Crippen LogP contribution is -2.47. The van der Waals surface area contributed by atoms with Gasteiger partial charge in [-0.1, -0.05) is 18.2 Å². The molecule has 1 aromatic carbocycles. The average molecular weight is 439 g/mol. The monoisotopic (exact) mass is 438 g/mol. The predicted octanol–water partition coefficient (Wildman–Crippen LogP) is 4.69. The van der Waals surface area contributed by atoms with Crippen molar-refractivity contribution in [3.63, 3.8) is 0 Å². The average Bonchev–Trinajstić information content (AvgIpc) is 3.48. The second-order valence-corrected chi connectivity index (χ2v) is 9.82. The quantitative estimate of drug-likeness (QED) is 0.628. The van der Waals surface area contributed by atoms with Gasteiger partial charge in [-0.25, -0.2) is 9.78 Å². The molecule has 4 heterocycles. The molecule has 3 aromatic rings. The number of piperidine rings is 2. The second kappa shape index (κ2) is 9.40. The summed E-state index contributed by atoms with van der Waals surface area (Å²) in [4.78, 5) is 23.4. The van der Waals surface area contributed by atoms with Crippen LogP contribution in [-0.2, 0) is 6.54 Å². The van der Waals surface area contributed by atoms with Gasteiger partial charge in [-0.3, -0.25) is 4.90 Å². The fraction of sp³-hybridized carbons (Fsp3) is 0.500. The summed E-state index contributed by atoms with van der Waals surface area (Å²) < 4.78 is 5.96. The normalized spacial score (nSPS) is 20.9. The van der Waals surface area contributed by atoms with Crippen LogP contribution in [0.4, 0.5) is 4.79 Å². The minimum atomic E-state index is 0.0572. The van der Waals surface area contributed by atoms with Gasteiger partial charge in [0.25, 0.3) is 0 Å². The van der Waals surface area contributed by atoms with E-state index in [9.17, 15) is 4.79 Å². The SMILES string of the molecule is O=C(NCC1CCN(Cc2cccs2)CC1)N1CCCC(c2nc3ccccc3o2)C1. The van der Waals surface area contributed by atoms with Crippen LogP contribution < -0.4 is 5.32 Å². The molecule has 0 saturated carbocycles. The minimum absolute atomic E-state index is 0.0572. The van der Waals surface area contributed by atoms with Crippen molar-refractivity contribution in [2.24, 2.45) is 5.92 Å². The van der Waals surface area contributed by atoms with Crippen LogP contribution in [0, 0.1) is 5.92 Å². The standard InChI is InChI=1S/C24H30N4O2S/c29-24(25-15-18-9-12-27(13-10-18)17-20-6-4-14-31-20)28-11-3-5-19(16-28)23-26-21-7-1-2-8-22(21)30-23/h1-2,4,6-8,14,18-19H,3,5,9-13,15-17H2,(H,25,29). The Labute approximate surface area is 187 Å². The largest absolute Gasteiger partial charge is 0.440 e. The van der Waals surface area contributed by atoms with Crippen LogP contribution in [0.1, 0.15) is 42.4 Å². The molecule has 2 amide bonds. The van der Waals surface area contributed by atoms with Crippen molar-refractivity contribution in [2.75, 3.05) is 32.7 Å². The summed E-state index contributed by atoms with van der Waals surface area (Å²) in [7, 11) is 0. The molecule has 2 aliphatic rings. The minimum Gasteiger partial charge on any atom is -0.440 e. The maximum atomic E-state index is 12.8. The molecule has 0 aliphatic carbocycles. The van der Waals surface area contributed by atoms with Crippen LogP contribution in [0.5, 0.6) is 0 Å². The summed E-state index contributed by atoms with van der Waals surface area (Å²) >= 11 is 1.83. The third-order valence-electron chi connectivity index (χ3n) is 6.58. The second-order valence-electron chi connectivity index (χ2n) is 8.79. The smallest absolute Gasteiger partial charge is 0.317 e. The molecule has 2 aliphatic heterocycles. The first-order chi connectivity index (χ1) is 15.2. The van der Waals surface area contributed by atoms with Crippen LogP contribution in [0.2, 0.25) is 0 Å². The highest BCUT2D eigenvalue weighted by Gasteiger charge is 2.28. The molecule has 0 spiro atoms. The zero-order valence-electron chi connectivity index (χ0n) is 17.8. The summed E-state index contributed by atoms with van der Waals surface area (Å²) in [5, 5.41) is 5.35. The highest BCUT2D eigenvalue weighted by molar-refractivity contribution is 7.09. The molecule has 2 aromatic heterocycles. The highest BCUT2D eigenvalue weighted by Crippen LogP contribution is 2.29. The van der Waals surface area contributed by atoms with E-state index in [-0.39, 0.29) is 11.9 Å². The molecule has 0 bridgehead atoms. The van der Waals surface area contributed by atoms with E-state index in [1.165, 1.54) is 4.88 Å². The van der Waals surface area contributed by atoms with Crippen molar-refractivity contribution in [1.82, 2.24) is 20.1 Å². The number of thiophene rings is 1. The lowest BCUT2D eigenvalue weighted by atomic mass is 9.96. The van der Waals surface area contributed by atoms with Crippen molar-refractivity contribution in [1.29, 1.82) is 0 Å². The first-order valence-electron chi connectivity index (χ1n) is 11.4. The van der Waals surface area contributed by atoms with Gasteiger partial charge in [-0.05, 0) is 68.3 Å². The summed E-state index contributed by atoms with van der Waals surface area (Å²) in [6.07, 6.45) is 4.30. The molecule has 2 fully saturated rings. The number of benzene rings is 1. The Bertz CT molecular complexity index is 961. The molecule has 1 unspecified atom stereocenters. The van der Waals surface area contributed by atoms with Crippen LogP contribution in [0.25, 0.3) is 11.1 Å². The summed E-state index contributed by atoms with van der Waals surface area (Å²) in [5.74, 6) is 1.50. The van der Waals surface area contributed by atoms with E-state index in [1.807, 2.05) is 40.5 Å². The third-order valence-corrected chi connectivity index (χ3v) is 7.44. The maximum absolute atomic E-state index is 12.8. The van der Waals surface area contributed by atoms with E-state index < -0.39 is 0 Å². The molecule has 164 valence electrons. The number of nitrogens with zero attached hydrogens (tertiary/aromatic N) is 3. The molecule has 7 heteroatoms. The van der Waals surface area contributed by atoms with E-state index in [1.54, 1.807) is 0 Å². The van der Waals surface area contributed by atoms with Crippen molar-refractivity contribution in [2.45, 2.75) is 38.1 Å². The molecular formula is C24H30N4O2S. The number of aromatic nitrogens is 1. The predicted molar refractivity (Wildman–Crippen MR) is 123 cm³/mol. The van der Waals surface area contributed by atoms with Gasteiger partial charge in [-0.15, -0.1) is 11.3 Å². The van der Waals surface area contributed by atoms with Crippen LogP contribution >= 0.6 is 11.3 Å². The van der Waals surface area contributed by atoms with Gasteiger partial charge >= 0.3 is 6.03 Å². The van der Waals surface area contributed by atoms with Crippen molar-refractivity contribution < 1.29 is 9.21 Å². The van der Waals surface area contributed by atoms with E-state index in [2.05, 4.69) is 32.7 Å². The number of amides is 2. The third kappa shape index (κ3) is 4.93. The van der Waals surface area contributed by atoms with Crippen LogP contribution in [0.15, 0.2) is 46.2 Å². The van der Waals surface area contributed by atoms with Gasteiger partial charge in [0.2, 0.25) is 0 Å². The number of carbonyl (C=O) groups is 1. The van der Waals surface area contributed by atoms with Gasteiger partial charge in [0.1, 0.15) is 5.52 Å². The zero-order valence-corrected chi connectivity index (χ0v) is 18.7. The van der Waals surface area contributed by atoms with Gasteiger partial charge in [0.15, 0.2) is 11.5 Å². The van der Waals surface area contributed by atoms with E-state index in [4.69, 9.17) is 4.42 Å². The lowest BCUT2D eigenvalue weighted by molar-refractivity contribution is 0.160. The Hall–Kier alpha value is -2.38. The Morgan fingerprint density at radius 3 is 2.81 bits per heavy atom. The first kappa shape index (κ1) is 20.5. The molecule has 1 atom stereocenters. The number of para-hydroxylation sites is 2. The number of likely N-dealkylation sites (tertiary alicyclic amines) is 2. The summed E-state index contributed by atoms with van der Waals surface area (Å²) in [6.45, 7) is 5.54. The first-order valence-corrected chi connectivity index (χ1v) is 12.3. The van der Waals surface area contributed by atoms with E-state index in [0.717, 1.165) is 75.4 Å². The van der Waals surface area contributed by atoms with Crippen molar-refractivity contribution in [3.05, 3.63) is 52.5 Å². The Kier molecular flexibility index (Phi) is 6.22. The molecule has 5 rings (SSSR count). The number of oxazole rings is 1. The Morgan fingerprint density at radius 2 is 2.00 bits per heavy atom. The molecule has 31 heavy (non-hydrogen) atoms. The number of fused-ring (bicyclic) bond motifs is 1. The Balaban J connectivity index is 1.09. The van der Waals surface area contributed by atoms with Gasteiger partial charge in [-0.2, -0.15) is 0 Å². The van der Waals surface area contributed by atoms with Gasteiger partial charge in [0.05, 0.1) is 5.92 Å². The van der Waals surface area contributed by atoms with Crippen LogP contribution in [0.3, 0.4) is 0 Å². The van der Waals surface area contributed by atoms with Gasteiger partial charge < -0.3 is 14.6 Å². The number of carbonyl (C=O) groups excluding carboxylic acids is 1. The lowest BCUT2D eigenvalue weighted by Gasteiger charge is -2.34. The van der Waals surface area contributed by atoms with Crippen molar-refractivity contribution in [3.8, 4) is 0 Å². The molecule has 1 N–H and O–H groups in total. The molecule has 2 saturated heterocycles. The summed E-state index contributed by atoms with van der Waals surface area (Å²) in [6, 6.07) is 12.3. The fourth-order valence-electron chi connectivity index (χ4n) is 4.74. The fourth-order valence-corrected chi connectivity index (χ4v) is 5.49. The molecule has 6 nitrogen and oxygen atoms in total. The van der Waals surface area contributed by atoms with E-state index in [0.29, 0.717) is 12.5 Å². The number of hydrogen-bond donors (Lipinski definition) is 1. The zero-order chi connectivity index (χ0) is 21.0. The highest BCUT2D eigenvalue weighted by atomic mass is 32.1. The van der Waals surface area contributed by atoms with Crippen LogP contribution in [-0.4, -0.2) is 53.5 Å². The number of hydrogen-bond acceptors (Lipinski definition) is 5.